The third-order valence-corrected chi connectivity index (χ3v) is 4.07. The summed E-state index contributed by atoms with van der Waals surface area (Å²) in [6.45, 7) is 3.70. The third-order valence-electron chi connectivity index (χ3n) is 4.07. The van der Waals surface area contributed by atoms with Gasteiger partial charge in [0, 0.05) is 12.6 Å². The molecule has 126 valence electrons. The van der Waals surface area contributed by atoms with Gasteiger partial charge in [0.2, 0.25) is 0 Å². The maximum atomic E-state index is 12.7. The molecule has 0 aliphatic rings. The molecule has 0 radical (unpaired) electrons. The summed E-state index contributed by atoms with van der Waals surface area (Å²) in [4.78, 5) is 25.5. The highest BCUT2D eigenvalue weighted by molar-refractivity contribution is 5.97. The van der Waals surface area contributed by atoms with E-state index in [-0.39, 0.29) is 17.5 Å². The van der Waals surface area contributed by atoms with Gasteiger partial charge in [-0.05, 0) is 55.3 Å². The largest absolute Gasteiger partial charge is 0.497 e. The molecule has 2 rings (SSSR count). The Balaban J connectivity index is 2.26. The lowest BCUT2D eigenvalue weighted by atomic mass is 10.0. The molecule has 0 saturated carbocycles. The van der Waals surface area contributed by atoms with Gasteiger partial charge in [-0.2, -0.15) is 0 Å². The molecule has 0 aliphatic heterocycles. The molecule has 1 amide bonds. The lowest BCUT2D eigenvalue weighted by Crippen LogP contribution is -2.29. The van der Waals surface area contributed by atoms with E-state index in [1.807, 2.05) is 31.2 Å². The number of aromatic carboxylic acids is 1. The molecular weight excluding hydrogens is 306 g/mol. The fraction of sp³-hybridized carbons (Fsp3) is 0.263. The molecule has 0 fully saturated rings. The van der Waals surface area contributed by atoms with Gasteiger partial charge >= 0.3 is 5.97 Å². The Hall–Kier alpha value is -2.82. The summed E-state index contributed by atoms with van der Waals surface area (Å²) in [7, 11) is 3.31. The molecule has 24 heavy (non-hydrogen) atoms. The number of hydrogen-bond acceptors (Lipinski definition) is 3. The monoisotopic (exact) mass is 327 g/mol. The Morgan fingerprint density at radius 2 is 1.67 bits per heavy atom. The van der Waals surface area contributed by atoms with Crippen LogP contribution in [0, 0.1) is 6.92 Å². The minimum atomic E-state index is -1.04. The van der Waals surface area contributed by atoms with Crippen LogP contribution in [0.2, 0.25) is 0 Å². The number of nitrogens with zero attached hydrogens (tertiary/aromatic N) is 1. The lowest BCUT2D eigenvalue weighted by molar-refractivity contribution is 0.0696. The first-order chi connectivity index (χ1) is 11.3. The van der Waals surface area contributed by atoms with Crippen LogP contribution in [0.4, 0.5) is 0 Å². The van der Waals surface area contributed by atoms with Crippen molar-refractivity contribution < 1.29 is 19.4 Å². The summed E-state index contributed by atoms with van der Waals surface area (Å²) in [6, 6.07) is 12.0. The zero-order valence-electron chi connectivity index (χ0n) is 14.2. The second-order valence-electron chi connectivity index (χ2n) is 5.76. The van der Waals surface area contributed by atoms with E-state index < -0.39 is 5.97 Å². The number of rotatable bonds is 5. The molecule has 2 aromatic rings. The SMILES string of the molecule is COc1ccc(C(C)N(C)C(=O)c2cc(C)cc(C(=O)O)c2)cc1. The summed E-state index contributed by atoms with van der Waals surface area (Å²) in [6.07, 6.45) is 0. The molecule has 2 aromatic carbocycles. The van der Waals surface area contributed by atoms with Crippen molar-refractivity contribution in [3.8, 4) is 5.75 Å². The number of benzene rings is 2. The van der Waals surface area contributed by atoms with Gasteiger partial charge in [-0.1, -0.05) is 12.1 Å². The number of carboxylic acid groups (broad SMARTS) is 1. The number of aryl methyl sites for hydroxylation is 1. The smallest absolute Gasteiger partial charge is 0.335 e. The minimum absolute atomic E-state index is 0.115. The van der Waals surface area contributed by atoms with Gasteiger partial charge in [-0.15, -0.1) is 0 Å². The van der Waals surface area contributed by atoms with Crippen LogP contribution in [0.5, 0.6) is 5.75 Å². The Morgan fingerprint density at radius 1 is 1.08 bits per heavy atom. The Kier molecular flexibility index (Phi) is 5.24. The molecule has 0 spiro atoms. The first-order valence-electron chi connectivity index (χ1n) is 7.59. The van der Waals surface area contributed by atoms with E-state index in [1.165, 1.54) is 6.07 Å². The van der Waals surface area contributed by atoms with Crippen LogP contribution in [-0.2, 0) is 0 Å². The maximum Gasteiger partial charge on any atom is 0.335 e. The first kappa shape index (κ1) is 17.5. The van der Waals surface area contributed by atoms with Crippen molar-refractivity contribution in [2.75, 3.05) is 14.2 Å². The van der Waals surface area contributed by atoms with Crippen LogP contribution in [0.25, 0.3) is 0 Å². The van der Waals surface area contributed by atoms with Crippen molar-refractivity contribution in [1.82, 2.24) is 4.90 Å². The number of carboxylic acids is 1. The number of methoxy groups -OCH3 is 1. The van der Waals surface area contributed by atoms with Gasteiger partial charge in [-0.3, -0.25) is 4.79 Å². The summed E-state index contributed by atoms with van der Waals surface area (Å²) >= 11 is 0. The molecule has 1 atom stereocenters. The van der Waals surface area contributed by atoms with Gasteiger partial charge < -0.3 is 14.7 Å². The zero-order chi connectivity index (χ0) is 17.9. The second kappa shape index (κ2) is 7.17. The van der Waals surface area contributed by atoms with Gasteiger partial charge in [-0.25, -0.2) is 4.79 Å². The van der Waals surface area contributed by atoms with E-state index in [0.717, 1.165) is 16.9 Å². The maximum absolute atomic E-state index is 12.7. The molecule has 1 N–H and O–H groups in total. The minimum Gasteiger partial charge on any atom is -0.497 e. The van der Waals surface area contributed by atoms with E-state index in [4.69, 9.17) is 9.84 Å². The molecule has 5 heteroatoms. The Morgan fingerprint density at radius 3 is 2.21 bits per heavy atom. The van der Waals surface area contributed by atoms with Crippen molar-refractivity contribution >= 4 is 11.9 Å². The predicted octanol–water partition coefficient (Wildman–Crippen LogP) is 3.54. The van der Waals surface area contributed by atoms with E-state index >= 15 is 0 Å². The highest BCUT2D eigenvalue weighted by Crippen LogP contribution is 2.23. The van der Waals surface area contributed by atoms with Crippen molar-refractivity contribution in [3.63, 3.8) is 0 Å². The second-order valence-corrected chi connectivity index (χ2v) is 5.76. The first-order valence-corrected chi connectivity index (χ1v) is 7.59. The van der Waals surface area contributed by atoms with Gasteiger partial charge in [0.1, 0.15) is 5.75 Å². The van der Waals surface area contributed by atoms with Crippen molar-refractivity contribution in [1.29, 1.82) is 0 Å². The van der Waals surface area contributed by atoms with E-state index in [1.54, 1.807) is 38.1 Å². The van der Waals surface area contributed by atoms with Crippen molar-refractivity contribution in [2.24, 2.45) is 0 Å². The number of carbonyl (C=O) groups is 2. The van der Waals surface area contributed by atoms with Crippen LogP contribution < -0.4 is 4.74 Å². The molecule has 0 aromatic heterocycles. The number of ether oxygens (including phenoxy) is 1. The predicted molar refractivity (Wildman–Crippen MR) is 91.6 cm³/mol. The van der Waals surface area contributed by atoms with E-state index in [9.17, 15) is 9.59 Å². The normalized spacial score (nSPS) is 11.7. The van der Waals surface area contributed by atoms with Crippen LogP contribution in [0.1, 0.15) is 44.8 Å². The van der Waals surface area contributed by atoms with Gasteiger partial charge in [0.05, 0.1) is 18.7 Å². The fourth-order valence-electron chi connectivity index (χ4n) is 2.52. The summed E-state index contributed by atoms with van der Waals surface area (Å²) in [5.41, 5.74) is 2.20. The van der Waals surface area contributed by atoms with Crippen LogP contribution in [0.3, 0.4) is 0 Å². The Bertz CT molecular complexity index is 752. The van der Waals surface area contributed by atoms with E-state index in [0.29, 0.717) is 5.56 Å². The quantitative estimate of drug-likeness (QED) is 0.912. The van der Waals surface area contributed by atoms with Gasteiger partial charge in [0.15, 0.2) is 0 Å². The van der Waals surface area contributed by atoms with E-state index in [2.05, 4.69) is 0 Å². The molecule has 0 bridgehead atoms. The lowest BCUT2D eigenvalue weighted by Gasteiger charge is -2.26. The average Bonchev–Trinajstić information content (AvgIpc) is 2.59. The summed E-state index contributed by atoms with van der Waals surface area (Å²) in [5.74, 6) is -0.507. The van der Waals surface area contributed by atoms with Gasteiger partial charge in [0.25, 0.3) is 5.91 Å². The fourth-order valence-corrected chi connectivity index (χ4v) is 2.52. The summed E-state index contributed by atoms with van der Waals surface area (Å²) in [5, 5.41) is 9.15. The third kappa shape index (κ3) is 3.74. The van der Waals surface area contributed by atoms with Crippen LogP contribution in [-0.4, -0.2) is 36.0 Å². The molecule has 1 unspecified atom stereocenters. The highest BCUT2D eigenvalue weighted by atomic mass is 16.5. The number of hydrogen-bond donors (Lipinski definition) is 1. The van der Waals surface area contributed by atoms with Crippen molar-refractivity contribution in [3.05, 3.63) is 64.7 Å². The molecule has 0 saturated heterocycles. The standard InChI is InChI=1S/C19H21NO4/c1-12-9-15(11-16(10-12)19(22)23)18(21)20(3)13(2)14-5-7-17(24-4)8-6-14/h5-11,13H,1-4H3,(H,22,23). The zero-order valence-corrected chi connectivity index (χ0v) is 14.2. The molecule has 5 nitrogen and oxygen atoms in total. The Labute approximate surface area is 141 Å². The molecule has 0 heterocycles. The highest BCUT2D eigenvalue weighted by Gasteiger charge is 2.20. The van der Waals surface area contributed by atoms with Crippen molar-refractivity contribution in [2.45, 2.75) is 19.9 Å². The molecular formula is C19H21NO4. The molecule has 0 aliphatic carbocycles. The number of carbonyl (C=O) groups excluding carboxylic acids is 1. The topological polar surface area (TPSA) is 66.8 Å². The number of amides is 1. The average molecular weight is 327 g/mol. The van der Waals surface area contributed by atoms with Crippen LogP contribution in [0.15, 0.2) is 42.5 Å². The summed E-state index contributed by atoms with van der Waals surface area (Å²) < 4.78 is 5.14. The van der Waals surface area contributed by atoms with Crippen LogP contribution >= 0.6 is 0 Å².